The van der Waals surface area contributed by atoms with Gasteiger partial charge >= 0.3 is 0 Å². The molecule has 0 atom stereocenters. The van der Waals surface area contributed by atoms with Crippen LogP contribution in [0.15, 0.2) is 30.3 Å². The summed E-state index contributed by atoms with van der Waals surface area (Å²) in [7, 11) is 0. The van der Waals surface area contributed by atoms with Crippen LogP contribution in [0.2, 0.25) is 0 Å². The van der Waals surface area contributed by atoms with Crippen LogP contribution < -0.4 is 10.4 Å². The van der Waals surface area contributed by atoms with Crippen LogP contribution >= 0.6 is 0 Å². The first-order valence-electron chi connectivity index (χ1n) is 7.60. The fourth-order valence-corrected chi connectivity index (χ4v) is 3.22. The minimum absolute atomic E-state index is 0.00818. The Morgan fingerprint density at radius 1 is 1.05 bits per heavy atom. The Bertz CT molecular complexity index is 478. The van der Waals surface area contributed by atoms with E-state index in [1.807, 2.05) is 30.3 Å². The molecule has 2 rings (SSSR count). The van der Waals surface area contributed by atoms with Gasteiger partial charge in [-0.15, -0.1) is 0 Å². The van der Waals surface area contributed by atoms with E-state index in [0.717, 1.165) is 37.7 Å². The summed E-state index contributed by atoms with van der Waals surface area (Å²) in [5.74, 6) is -1.12. The lowest BCUT2D eigenvalue weighted by Crippen LogP contribution is -2.38. The quantitative estimate of drug-likeness (QED) is 0.867. The molecule has 114 valence electrons. The summed E-state index contributed by atoms with van der Waals surface area (Å²) in [6, 6.07) is 9.71. The van der Waals surface area contributed by atoms with E-state index in [0.29, 0.717) is 6.54 Å². The molecular weight excluding hydrogens is 266 g/mol. The van der Waals surface area contributed by atoms with Gasteiger partial charge in [0, 0.05) is 18.9 Å². The molecule has 4 nitrogen and oxygen atoms in total. The Kier molecular flexibility index (Phi) is 5.37. The van der Waals surface area contributed by atoms with Crippen molar-refractivity contribution >= 4 is 11.9 Å². The Labute approximate surface area is 125 Å². The third kappa shape index (κ3) is 4.88. The monoisotopic (exact) mass is 288 g/mol. The Balaban J connectivity index is 1.90. The molecule has 0 unspecified atom stereocenters. The van der Waals surface area contributed by atoms with E-state index in [1.165, 1.54) is 0 Å². The van der Waals surface area contributed by atoms with Crippen LogP contribution in [-0.4, -0.2) is 11.9 Å². The van der Waals surface area contributed by atoms with Gasteiger partial charge in [-0.25, -0.2) is 0 Å². The fraction of sp³-hybridized carbons (Fsp3) is 0.529. The second-order valence-electron chi connectivity index (χ2n) is 6.05. The number of carbonyl (C=O) groups excluding carboxylic acids is 2. The molecule has 0 heterocycles. The lowest BCUT2D eigenvalue weighted by molar-refractivity contribution is -0.308. The van der Waals surface area contributed by atoms with E-state index in [4.69, 9.17) is 0 Å². The van der Waals surface area contributed by atoms with Crippen molar-refractivity contribution in [2.45, 2.75) is 51.5 Å². The van der Waals surface area contributed by atoms with Crippen LogP contribution in [0, 0.1) is 5.41 Å². The van der Waals surface area contributed by atoms with Crippen molar-refractivity contribution in [3.8, 4) is 0 Å². The number of aliphatic carboxylic acids is 1. The second kappa shape index (κ2) is 7.25. The van der Waals surface area contributed by atoms with Gasteiger partial charge in [0.15, 0.2) is 0 Å². The number of carbonyl (C=O) groups is 2. The molecule has 0 aromatic heterocycles. The standard InChI is InChI=1S/C17H23NO3/c19-15(18-13-14-7-3-1-4-8-14)11-17(12-16(20)21)9-5-2-6-10-17/h1,3-4,7-8H,2,5-6,9-13H2,(H,18,19)(H,20,21)/p-1. The maximum absolute atomic E-state index is 12.1. The van der Waals surface area contributed by atoms with Gasteiger partial charge in [-0.1, -0.05) is 49.6 Å². The summed E-state index contributed by atoms with van der Waals surface area (Å²) in [6.07, 6.45) is 5.01. The zero-order valence-corrected chi connectivity index (χ0v) is 12.3. The molecule has 0 aliphatic heterocycles. The van der Waals surface area contributed by atoms with Crippen LogP contribution in [0.3, 0.4) is 0 Å². The number of carboxylic acids is 1. The third-order valence-corrected chi connectivity index (χ3v) is 4.30. The molecule has 1 N–H and O–H groups in total. The van der Waals surface area contributed by atoms with Gasteiger partial charge < -0.3 is 15.2 Å². The maximum Gasteiger partial charge on any atom is 0.220 e. The summed E-state index contributed by atoms with van der Waals surface area (Å²) in [5.41, 5.74) is 0.640. The van der Waals surface area contributed by atoms with Crippen LogP contribution in [0.1, 0.15) is 50.5 Å². The molecule has 1 aromatic rings. The van der Waals surface area contributed by atoms with Gasteiger partial charge in [0.25, 0.3) is 0 Å². The normalized spacial score (nSPS) is 17.1. The molecule has 1 amide bonds. The number of hydrogen-bond donors (Lipinski definition) is 1. The first kappa shape index (κ1) is 15.5. The van der Waals surface area contributed by atoms with Crippen molar-refractivity contribution in [3.05, 3.63) is 35.9 Å². The molecule has 0 bridgehead atoms. The smallest absolute Gasteiger partial charge is 0.220 e. The van der Waals surface area contributed by atoms with E-state index in [9.17, 15) is 14.7 Å². The second-order valence-corrected chi connectivity index (χ2v) is 6.05. The lowest BCUT2D eigenvalue weighted by Gasteiger charge is -2.37. The average molecular weight is 288 g/mol. The Morgan fingerprint density at radius 3 is 2.33 bits per heavy atom. The predicted octanol–water partition coefficient (Wildman–Crippen LogP) is 1.78. The van der Waals surface area contributed by atoms with Gasteiger partial charge in [-0.05, 0) is 30.2 Å². The number of amides is 1. The highest BCUT2D eigenvalue weighted by molar-refractivity contribution is 5.77. The van der Waals surface area contributed by atoms with Crippen molar-refractivity contribution in [2.75, 3.05) is 0 Å². The summed E-state index contributed by atoms with van der Waals surface area (Å²) < 4.78 is 0. The average Bonchev–Trinajstić information content (AvgIpc) is 2.46. The van der Waals surface area contributed by atoms with E-state index < -0.39 is 11.4 Å². The molecule has 4 heteroatoms. The first-order valence-corrected chi connectivity index (χ1v) is 7.60. The number of nitrogens with one attached hydrogen (secondary N) is 1. The highest BCUT2D eigenvalue weighted by Gasteiger charge is 2.34. The van der Waals surface area contributed by atoms with E-state index in [2.05, 4.69) is 5.32 Å². The summed E-state index contributed by atoms with van der Waals surface area (Å²) >= 11 is 0. The van der Waals surface area contributed by atoms with Crippen LogP contribution in [0.5, 0.6) is 0 Å². The number of hydrogen-bond acceptors (Lipinski definition) is 3. The predicted molar refractivity (Wildman–Crippen MR) is 78.0 cm³/mol. The summed E-state index contributed by atoms with van der Waals surface area (Å²) in [4.78, 5) is 23.1. The first-order chi connectivity index (χ1) is 10.1. The molecule has 0 spiro atoms. The van der Waals surface area contributed by atoms with Crippen LogP contribution in [-0.2, 0) is 16.1 Å². The SMILES string of the molecule is O=C([O-])CC1(CC(=O)NCc2ccccc2)CCCCC1. The van der Waals surface area contributed by atoms with Gasteiger partial charge in [-0.2, -0.15) is 0 Å². The van der Waals surface area contributed by atoms with Gasteiger partial charge in [0.1, 0.15) is 0 Å². The minimum atomic E-state index is -1.05. The fourth-order valence-electron chi connectivity index (χ4n) is 3.22. The van der Waals surface area contributed by atoms with Crippen LogP contribution in [0.25, 0.3) is 0 Å². The van der Waals surface area contributed by atoms with Crippen molar-refractivity contribution in [1.82, 2.24) is 5.32 Å². The molecular formula is C17H22NO3-. The summed E-state index contributed by atoms with van der Waals surface area (Å²) in [5, 5.41) is 13.9. The summed E-state index contributed by atoms with van der Waals surface area (Å²) in [6.45, 7) is 0.487. The highest BCUT2D eigenvalue weighted by atomic mass is 16.4. The number of carboxylic acid groups (broad SMARTS) is 1. The molecule has 0 radical (unpaired) electrons. The zero-order valence-electron chi connectivity index (χ0n) is 12.3. The lowest BCUT2D eigenvalue weighted by atomic mass is 9.69. The minimum Gasteiger partial charge on any atom is -0.550 e. The maximum atomic E-state index is 12.1. The zero-order chi connectivity index (χ0) is 15.1. The molecule has 1 saturated carbocycles. The van der Waals surface area contributed by atoms with E-state index >= 15 is 0 Å². The molecule has 1 fully saturated rings. The van der Waals surface area contributed by atoms with E-state index in [-0.39, 0.29) is 18.7 Å². The molecule has 0 saturated heterocycles. The van der Waals surface area contributed by atoms with Crippen LogP contribution in [0.4, 0.5) is 0 Å². The Morgan fingerprint density at radius 2 is 1.71 bits per heavy atom. The molecule has 1 aliphatic rings. The number of benzene rings is 1. The molecule has 21 heavy (non-hydrogen) atoms. The van der Waals surface area contributed by atoms with Gasteiger partial charge in [0.05, 0.1) is 0 Å². The van der Waals surface area contributed by atoms with Crippen molar-refractivity contribution in [1.29, 1.82) is 0 Å². The largest absolute Gasteiger partial charge is 0.550 e. The van der Waals surface area contributed by atoms with Crippen molar-refractivity contribution in [2.24, 2.45) is 5.41 Å². The molecule has 1 aliphatic carbocycles. The van der Waals surface area contributed by atoms with E-state index in [1.54, 1.807) is 0 Å². The van der Waals surface area contributed by atoms with Crippen molar-refractivity contribution in [3.63, 3.8) is 0 Å². The Hall–Kier alpha value is -1.84. The van der Waals surface area contributed by atoms with Gasteiger partial charge in [0.2, 0.25) is 5.91 Å². The third-order valence-electron chi connectivity index (χ3n) is 4.30. The number of rotatable bonds is 6. The highest BCUT2D eigenvalue weighted by Crippen LogP contribution is 2.42. The topological polar surface area (TPSA) is 69.2 Å². The van der Waals surface area contributed by atoms with Crippen molar-refractivity contribution < 1.29 is 14.7 Å². The van der Waals surface area contributed by atoms with Gasteiger partial charge in [-0.3, -0.25) is 4.79 Å². The molecule has 1 aromatic carbocycles.